The SMILES string of the molecule is CC1=CC[C@@H](C(=O)N(c2cc(C(C)(C)C)sc2C(=O)O)[C@H]2CC[C@H](O[C@H]3CCOC3)CC2)CC1. The minimum absolute atomic E-state index is 0.000278. The number of ether oxygens (including phenoxy) is 2. The third-order valence-corrected chi connectivity index (χ3v) is 8.95. The van der Waals surface area contributed by atoms with Crippen molar-refractivity contribution in [2.45, 2.75) is 103 Å². The van der Waals surface area contributed by atoms with Crippen LogP contribution in [0.15, 0.2) is 17.7 Å². The van der Waals surface area contributed by atoms with Gasteiger partial charge in [-0.05, 0) is 69.8 Å². The van der Waals surface area contributed by atoms with Gasteiger partial charge >= 0.3 is 5.97 Å². The van der Waals surface area contributed by atoms with Gasteiger partial charge in [-0.1, -0.05) is 32.4 Å². The van der Waals surface area contributed by atoms with E-state index in [4.69, 9.17) is 9.47 Å². The van der Waals surface area contributed by atoms with Crippen molar-refractivity contribution in [3.8, 4) is 0 Å². The number of amides is 1. The zero-order valence-corrected chi connectivity index (χ0v) is 21.8. The monoisotopic (exact) mass is 489 g/mol. The number of thiophene rings is 1. The summed E-state index contributed by atoms with van der Waals surface area (Å²) in [5, 5.41) is 10.1. The number of hydrogen-bond donors (Lipinski definition) is 1. The van der Waals surface area contributed by atoms with Crippen LogP contribution in [0.1, 0.15) is 93.6 Å². The third kappa shape index (κ3) is 5.74. The third-order valence-electron chi connectivity index (χ3n) is 7.41. The smallest absolute Gasteiger partial charge is 0.348 e. The number of rotatable bonds is 6. The highest BCUT2D eigenvalue weighted by atomic mass is 32.1. The minimum atomic E-state index is -0.953. The van der Waals surface area contributed by atoms with E-state index >= 15 is 0 Å². The van der Waals surface area contributed by atoms with E-state index in [9.17, 15) is 14.7 Å². The van der Waals surface area contributed by atoms with Gasteiger partial charge in [-0.25, -0.2) is 4.79 Å². The van der Waals surface area contributed by atoms with Gasteiger partial charge in [0.1, 0.15) is 4.88 Å². The lowest BCUT2D eigenvalue weighted by Crippen LogP contribution is -2.47. The maximum atomic E-state index is 14.0. The quantitative estimate of drug-likeness (QED) is 0.501. The van der Waals surface area contributed by atoms with Crippen LogP contribution in [-0.4, -0.2) is 48.4 Å². The Bertz CT molecular complexity index is 916. The lowest BCUT2D eigenvalue weighted by molar-refractivity contribution is -0.123. The Labute approximate surface area is 207 Å². The average molecular weight is 490 g/mol. The van der Waals surface area contributed by atoms with Crippen molar-refractivity contribution in [1.29, 1.82) is 0 Å². The summed E-state index contributed by atoms with van der Waals surface area (Å²) in [5.41, 5.74) is 1.75. The van der Waals surface area contributed by atoms with Gasteiger partial charge in [-0.3, -0.25) is 4.79 Å². The molecule has 0 unspecified atom stereocenters. The van der Waals surface area contributed by atoms with Crippen molar-refractivity contribution < 1.29 is 24.2 Å². The summed E-state index contributed by atoms with van der Waals surface area (Å²) in [5.74, 6) is -0.961. The Morgan fingerprint density at radius 3 is 2.41 bits per heavy atom. The Balaban J connectivity index is 1.60. The number of hydrogen-bond acceptors (Lipinski definition) is 5. The Hall–Kier alpha value is -1.70. The van der Waals surface area contributed by atoms with Crippen LogP contribution in [-0.2, 0) is 19.7 Å². The molecule has 1 saturated carbocycles. The topological polar surface area (TPSA) is 76.1 Å². The van der Waals surface area contributed by atoms with Gasteiger partial charge in [0.05, 0.1) is 24.5 Å². The van der Waals surface area contributed by atoms with Crippen LogP contribution in [0, 0.1) is 5.92 Å². The van der Waals surface area contributed by atoms with Crippen LogP contribution < -0.4 is 4.90 Å². The van der Waals surface area contributed by atoms with Crippen LogP contribution >= 0.6 is 11.3 Å². The fourth-order valence-electron chi connectivity index (χ4n) is 5.30. The van der Waals surface area contributed by atoms with Gasteiger partial charge in [0.25, 0.3) is 0 Å². The van der Waals surface area contributed by atoms with Crippen molar-refractivity contribution >= 4 is 28.9 Å². The largest absolute Gasteiger partial charge is 0.477 e. The molecule has 1 saturated heterocycles. The molecule has 6 nitrogen and oxygen atoms in total. The highest BCUT2D eigenvalue weighted by Crippen LogP contribution is 2.41. The maximum absolute atomic E-state index is 14.0. The molecule has 1 aliphatic heterocycles. The predicted molar refractivity (Wildman–Crippen MR) is 135 cm³/mol. The van der Waals surface area contributed by atoms with E-state index in [-0.39, 0.29) is 40.4 Å². The van der Waals surface area contributed by atoms with Crippen LogP contribution in [0.4, 0.5) is 5.69 Å². The van der Waals surface area contributed by atoms with E-state index in [0.717, 1.165) is 62.9 Å². The van der Waals surface area contributed by atoms with E-state index in [0.29, 0.717) is 12.3 Å². The standard InChI is InChI=1S/C27H39NO5S/c1-17-5-7-18(8-6-17)25(29)28(22-15-23(27(2,3)4)34-24(22)26(30)31)19-9-11-20(12-10-19)33-21-13-14-32-16-21/h5,15,18-21H,6-14,16H2,1-4H3,(H,30,31)/t18-,19-,20-,21+/m1/s1. The van der Waals surface area contributed by atoms with Crippen molar-refractivity contribution in [3.05, 3.63) is 27.5 Å². The molecule has 2 heterocycles. The maximum Gasteiger partial charge on any atom is 0.348 e. The second kappa shape index (κ2) is 10.5. The second-order valence-electron chi connectivity index (χ2n) is 11.2. The molecule has 1 aromatic rings. The van der Waals surface area contributed by atoms with Crippen molar-refractivity contribution in [2.24, 2.45) is 5.92 Å². The zero-order chi connectivity index (χ0) is 24.5. The molecule has 3 aliphatic rings. The van der Waals surface area contributed by atoms with Crippen molar-refractivity contribution in [1.82, 2.24) is 0 Å². The fraction of sp³-hybridized carbons (Fsp3) is 0.704. The number of carboxylic acid groups (broad SMARTS) is 1. The summed E-state index contributed by atoms with van der Waals surface area (Å²) < 4.78 is 11.7. The van der Waals surface area contributed by atoms with E-state index in [1.807, 2.05) is 11.0 Å². The van der Waals surface area contributed by atoms with Gasteiger partial charge in [0.2, 0.25) is 5.91 Å². The number of nitrogens with zero attached hydrogens (tertiary/aromatic N) is 1. The first-order valence-electron chi connectivity index (χ1n) is 12.7. The molecule has 0 bridgehead atoms. The molecule has 1 N–H and O–H groups in total. The number of carboxylic acids is 1. The molecule has 0 spiro atoms. The second-order valence-corrected chi connectivity index (χ2v) is 12.2. The average Bonchev–Trinajstić information content (AvgIpc) is 3.46. The van der Waals surface area contributed by atoms with E-state index in [1.165, 1.54) is 16.9 Å². The summed E-state index contributed by atoms with van der Waals surface area (Å²) in [4.78, 5) is 29.4. The van der Waals surface area contributed by atoms with Gasteiger partial charge in [0, 0.05) is 23.4 Å². The van der Waals surface area contributed by atoms with E-state index in [2.05, 4.69) is 33.8 Å². The minimum Gasteiger partial charge on any atom is -0.477 e. The molecule has 4 rings (SSSR count). The van der Waals surface area contributed by atoms with Crippen LogP contribution in [0.3, 0.4) is 0 Å². The lowest BCUT2D eigenvalue weighted by atomic mass is 9.86. The number of allylic oxidation sites excluding steroid dienone is 2. The molecule has 34 heavy (non-hydrogen) atoms. The molecule has 1 aromatic heterocycles. The Morgan fingerprint density at radius 1 is 1.12 bits per heavy atom. The van der Waals surface area contributed by atoms with Crippen molar-refractivity contribution in [2.75, 3.05) is 18.1 Å². The van der Waals surface area contributed by atoms with Crippen molar-refractivity contribution in [3.63, 3.8) is 0 Å². The van der Waals surface area contributed by atoms with E-state index < -0.39 is 5.97 Å². The molecular weight excluding hydrogens is 450 g/mol. The molecule has 2 aliphatic carbocycles. The highest BCUT2D eigenvalue weighted by Gasteiger charge is 2.38. The molecule has 0 radical (unpaired) electrons. The Kier molecular flexibility index (Phi) is 7.85. The summed E-state index contributed by atoms with van der Waals surface area (Å²) in [6, 6.07) is 1.97. The molecular formula is C27H39NO5S. The summed E-state index contributed by atoms with van der Waals surface area (Å²) in [6.45, 7) is 9.82. The van der Waals surface area contributed by atoms with Gasteiger partial charge in [-0.15, -0.1) is 11.3 Å². The molecule has 7 heteroatoms. The number of anilines is 1. The highest BCUT2D eigenvalue weighted by molar-refractivity contribution is 7.14. The normalized spacial score (nSPS) is 27.9. The summed E-state index contributed by atoms with van der Waals surface area (Å²) in [7, 11) is 0. The molecule has 188 valence electrons. The lowest BCUT2D eigenvalue weighted by Gasteiger charge is -2.39. The number of aromatic carboxylic acids is 1. The number of carbonyl (C=O) groups is 2. The van der Waals surface area contributed by atoms with Crippen LogP contribution in [0.5, 0.6) is 0 Å². The van der Waals surface area contributed by atoms with Gasteiger partial charge in [0.15, 0.2) is 0 Å². The first-order chi connectivity index (χ1) is 16.1. The van der Waals surface area contributed by atoms with Crippen LogP contribution in [0.25, 0.3) is 0 Å². The predicted octanol–water partition coefficient (Wildman–Crippen LogP) is 5.94. The first kappa shape index (κ1) is 25.4. The Morgan fingerprint density at radius 2 is 1.85 bits per heavy atom. The van der Waals surface area contributed by atoms with Crippen LogP contribution in [0.2, 0.25) is 0 Å². The molecule has 2 fully saturated rings. The molecule has 0 aromatic carbocycles. The van der Waals surface area contributed by atoms with E-state index in [1.54, 1.807) is 0 Å². The summed E-state index contributed by atoms with van der Waals surface area (Å²) in [6.07, 6.45) is 9.40. The van der Waals surface area contributed by atoms with Gasteiger partial charge in [-0.2, -0.15) is 0 Å². The molecule has 1 amide bonds. The van der Waals surface area contributed by atoms with Gasteiger partial charge < -0.3 is 19.5 Å². The summed E-state index contributed by atoms with van der Waals surface area (Å²) >= 11 is 1.31. The fourth-order valence-corrected chi connectivity index (χ4v) is 6.34. The molecule has 2 atom stereocenters. The zero-order valence-electron chi connectivity index (χ0n) is 21.0. The number of carbonyl (C=O) groups excluding carboxylic acids is 1. The first-order valence-corrected chi connectivity index (χ1v) is 13.5.